The topological polar surface area (TPSA) is 113 Å². The van der Waals surface area contributed by atoms with Crippen LogP contribution in [0.4, 0.5) is 0 Å². The minimum Gasteiger partial charge on any atom is -0.325 e. The first-order chi connectivity index (χ1) is 15.5. The highest BCUT2D eigenvalue weighted by Crippen LogP contribution is 2.44. The second-order valence-corrected chi connectivity index (χ2v) is 8.22. The minimum absolute atomic E-state index is 0.0280. The number of H-pyrrole nitrogens is 1. The molecule has 8 heteroatoms. The van der Waals surface area contributed by atoms with Gasteiger partial charge in [-0.05, 0) is 29.3 Å². The van der Waals surface area contributed by atoms with Crippen molar-refractivity contribution in [3.63, 3.8) is 0 Å². The number of alkyl halides is 1. The van der Waals surface area contributed by atoms with Crippen molar-refractivity contribution in [1.82, 2.24) is 20.0 Å². The summed E-state index contributed by atoms with van der Waals surface area (Å²) in [4.78, 5) is 12.2. The van der Waals surface area contributed by atoms with E-state index in [4.69, 9.17) is 17.3 Å². The number of nitriles is 1. The van der Waals surface area contributed by atoms with Crippen molar-refractivity contribution < 1.29 is 0 Å². The molecule has 7 nitrogen and oxygen atoms in total. The fourth-order valence-corrected chi connectivity index (χ4v) is 4.87. The SMILES string of the molecule is Cn1ncc(-c2ccc3c(=O)[nH]nc(CN)c3c2)c1C1=C(C#N)C=C2C=CC=CC2[C@@H]1Cl. The highest BCUT2D eigenvalue weighted by atomic mass is 35.5. The summed E-state index contributed by atoms with van der Waals surface area (Å²) in [6.07, 6.45) is 11.6. The molecule has 2 atom stereocenters. The highest BCUT2D eigenvalue weighted by Gasteiger charge is 2.34. The second-order valence-electron chi connectivity index (χ2n) is 7.75. The maximum atomic E-state index is 12.2. The van der Waals surface area contributed by atoms with Gasteiger partial charge in [-0.2, -0.15) is 15.5 Å². The normalized spacial score (nSPS) is 19.8. The molecule has 2 aliphatic carbocycles. The van der Waals surface area contributed by atoms with Gasteiger partial charge in [-0.1, -0.05) is 30.4 Å². The fourth-order valence-electron chi connectivity index (χ4n) is 4.42. The van der Waals surface area contributed by atoms with Crippen LogP contribution in [0.15, 0.2) is 70.7 Å². The maximum absolute atomic E-state index is 12.2. The molecule has 32 heavy (non-hydrogen) atoms. The van der Waals surface area contributed by atoms with Gasteiger partial charge in [-0.25, -0.2) is 5.10 Å². The Morgan fingerprint density at radius 3 is 2.94 bits per heavy atom. The molecule has 0 saturated carbocycles. The lowest BCUT2D eigenvalue weighted by atomic mass is 9.79. The van der Waals surface area contributed by atoms with Crippen molar-refractivity contribution in [3.05, 3.63) is 87.7 Å². The maximum Gasteiger partial charge on any atom is 0.272 e. The lowest BCUT2D eigenvalue weighted by molar-refractivity contribution is 0.735. The molecule has 0 amide bonds. The summed E-state index contributed by atoms with van der Waals surface area (Å²) in [5.41, 5.74) is 10.9. The van der Waals surface area contributed by atoms with Crippen molar-refractivity contribution in [2.24, 2.45) is 18.7 Å². The Kier molecular flexibility index (Phi) is 4.89. The first-order valence-electron chi connectivity index (χ1n) is 10.1. The zero-order chi connectivity index (χ0) is 22.4. The first-order valence-corrected chi connectivity index (χ1v) is 10.6. The minimum atomic E-state index is -0.426. The fraction of sp³-hybridized carbons (Fsp3) is 0.167. The van der Waals surface area contributed by atoms with Crippen LogP contribution in [0.5, 0.6) is 0 Å². The number of nitrogens with one attached hydrogen (secondary N) is 1. The number of benzene rings is 1. The zero-order valence-corrected chi connectivity index (χ0v) is 18.0. The summed E-state index contributed by atoms with van der Waals surface area (Å²) >= 11 is 6.97. The molecule has 3 aromatic rings. The Bertz CT molecular complexity index is 1480. The molecule has 0 bridgehead atoms. The van der Waals surface area contributed by atoms with Crippen molar-refractivity contribution in [2.75, 3.05) is 0 Å². The summed E-state index contributed by atoms with van der Waals surface area (Å²) in [6, 6.07) is 7.83. The van der Waals surface area contributed by atoms with Gasteiger partial charge in [0.2, 0.25) is 0 Å². The van der Waals surface area contributed by atoms with Crippen molar-refractivity contribution in [2.45, 2.75) is 11.9 Å². The second kappa shape index (κ2) is 7.75. The van der Waals surface area contributed by atoms with Crippen molar-refractivity contribution in [1.29, 1.82) is 5.26 Å². The summed E-state index contributed by atoms with van der Waals surface area (Å²) in [7, 11) is 1.83. The van der Waals surface area contributed by atoms with E-state index in [2.05, 4.69) is 27.4 Å². The number of nitrogens with zero attached hydrogens (tertiary/aromatic N) is 4. The first kappa shape index (κ1) is 20.2. The van der Waals surface area contributed by atoms with E-state index in [1.165, 1.54) is 0 Å². The van der Waals surface area contributed by atoms with Crippen LogP contribution in [-0.4, -0.2) is 25.4 Å². The summed E-state index contributed by atoms with van der Waals surface area (Å²) < 4.78 is 1.74. The van der Waals surface area contributed by atoms with Gasteiger partial charge < -0.3 is 5.73 Å². The van der Waals surface area contributed by atoms with Crippen LogP contribution >= 0.6 is 11.6 Å². The number of nitrogens with two attached hydrogens (primary N) is 1. The van der Waals surface area contributed by atoms with Crippen LogP contribution in [0.3, 0.4) is 0 Å². The summed E-state index contributed by atoms with van der Waals surface area (Å²) in [5.74, 6) is -0.0280. The molecule has 2 aliphatic rings. The van der Waals surface area contributed by atoms with E-state index in [1.807, 2.05) is 43.5 Å². The van der Waals surface area contributed by atoms with Gasteiger partial charge in [0.1, 0.15) is 0 Å². The third kappa shape index (κ3) is 3.04. The van der Waals surface area contributed by atoms with Gasteiger partial charge in [0.05, 0.1) is 40.0 Å². The molecule has 158 valence electrons. The number of aryl methyl sites for hydroxylation is 1. The van der Waals surface area contributed by atoms with E-state index in [0.717, 1.165) is 28.0 Å². The number of aromatic nitrogens is 4. The average molecular weight is 443 g/mol. The zero-order valence-electron chi connectivity index (χ0n) is 17.2. The molecular weight excluding hydrogens is 424 g/mol. The predicted molar refractivity (Wildman–Crippen MR) is 124 cm³/mol. The van der Waals surface area contributed by atoms with Crippen LogP contribution in [0, 0.1) is 17.2 Å². The standard InChI is InChI=1S/C24H19ClN6O/c1-31-23(21-15(10-26)8-13-4-2-3-5-16(13)22(21)25)19(12-28-31)14-6-7-17-18(9-14)20(11-27)29-30-24(17)32/h2-9,12,16,22H,11,27H2,1H3,(H,30,32)/t16?,22-/m0/s1. The van der Waals surface area contributed by atoms with Crippen LogP contribution in [0.1, 0.15) is 11.4 Å². The predicted octanol–water partition coefficient (Wildman–Crippen LogP) is 3.35. The monoisotopic (exact) mass is 442 g/mol. The van der Waals surface area contributed by atoms with Crippen LogP contribution in [0.2, 0.25) is 0 Å². The number of hydrogen-bond donors (Lipinski definition) is 2. The quantitative estimate of drug-likeness (QED) is 0.604. The number of fused-ring (bicyclic) bond motifs is 2. The molecule has 3 N–H and O–H groups in total. The number of rotatable bonds is 3. The Morgan fingerprint density at radius 2 is 2.16 bits per heavy atom. The summed E-state index contributed by atoms with van der Waals surface area (Å²) in [6.45, 7) is 0.194. The van der Waals surface area contributed by atoms with Gasteiger partial charge in [0, 0.05) is 36.0 Å². The molecule has 5 rings (SSSR count). The van der Waals surface area contributed by atoms with Crippen molar-refractivity contribution in [3.8, 4) is 17.2 Å². The van der Waals surface area contributed by atoms with Gasteiger partial charge >= 0.3 is 0 Å². The van der Waals surface area contributed by atoms with Gasteiger partial charge in [-0.15, -0.1) is 11.6 Å². The third-order valence-corrected chi connectivity index (χ3v) is 6.47. The number of hydrogen-bond acceptors (Lipinski definition) is 5. The van der Waals surface area contributed by atoms with Crippen LogP contribution in [-0.2, 0) is 13.6 Å². The largest absolute Gasteiger partial charge is 0.325 e. The smallest absolute Gasteiger partial charge is 0.272 e. The van der Waals surface area contributed by atoms with E-state index in [1.54, 1.807) is 16.9 Å². The average Bonchev–Trinajstić information content (AvgIpc) is 3.20. The van der Waals surface area contributed by atoms with E-state index in [0.29, 0.717) is 22.0 Å². The van der Waals surface area contributed by atoms with E-state index in [-0.39, 0.29) is 18.0 Å². The van der Waals surface area contributed by atoms with Crippen LogP contribution < -0.4 is 11.3 Å². The Balaban J connectivity index is 1.74. The Hall–Kier alpha value is -3.73. The molecule has 2 aromatic heterocycles. The molecule has 2 heterocycles. The Labute approximate surface area is 188 Å². The molecule has 0 aliphatic heterocycles. The molecular formula is C24H19ClN6O. The van der Waals surface area contributed by atoms with Gasteiger partial charge in [0.15, 0.2) is 0 Å². The lowest BCUT2D eigenvalue weighted by Crippen LogP contribution is -2.23. The summed E-state index contributed by atoms with van der Waals surface area (Å²) in [5, 5.41) is 21.7. The van der Waals surface area contributed by atoms with E-state index < -0.39 is 5.38 Å². The molecule has 0 saturated heterocycles. The number of allylic oxidation sites excluding steroid dienone is 8. The number of aromatic amines is 1. The molecule has 1 unspecified atom stereocenters. The van der Waals surface area contributed by atoms with Crippen molar-refractivity contribution >= 4 is 27.9 Å². The lowest BCUT2D eigenvalue weighted by Gasteiger charge is -2.29. The highest BCUT2D eigenvalue weighted by molar-refractivity contribution is 6.28. The molecule has 0 spiro atoms. The number of halogens is 1. The molecule has 0 fully saturated rings. The molecule has 1 aromatic carbocycles. The van der Waals surface area contributed by atoms with Gasteiger partial charge in [-0.3, -0.25) is 9.48 Å². The van der Waals surface area contributed by atoms with E-state index in [9.17, 15) is 10.1 Å². The van der Waals surface area contributed by atoms with E-state index >= 15 is 0 Å². The van der Waals surface area contributed by atoms with Crippen LogP contribution in [0.25, 0.3) is 27.5 Å². The Morgan fingerprint density at radius 1 is 1.31 bits per heavy atom. The van der Waals surface area contributed by atoms with Gasteiger partial charge in [0.25, 0.3) is 5.56 Å². The molecule has 0 radical (unpaired) electrons. The third-order valence-electron chi connectivity index (χ3n) is 5.98.